The van der Waals surface area contributed by atoms with E-state index in [2.05, 4.69) is 27.3 Å². The normalized spacial score (nSPS) is 16.7. The number of hydrogen-bond donors (Lipinski definition) is 1. The van der Waals surface area contributed by atoms with Crippen molar-refractivity contribution in [2.45, 2.75) is 44.7 Å². The maximum absolute atomic E-state index is 12.1. The van der Waals surface area contributed by atoms with Crippen LogP contribution in [-0.2, 0) is 14.3 Å². The molecule has 1 aromatic carbocycles. The summed E-state index contributed by atoms with van der Waals surface area (Å²) in [6.07, 6.45) is 1.72. The summed E-state index contributed by atoms with van der Waals surface area (Å²) in [6.45, 7) is 6.19. The second kappa shape index (κ2) is 9.48. The van der Waals surface area contributed by atoms with Gasteiger partial charge in [-0.1, -0.05) is 52.5 Å². The zero-order valence-electron chi connectivity index (χ0n) is 20.1. The van der Waals surface area contributed by atoms with Crippen molar-refractivity contribution in [3.05, 3.63) is 62.5 Å². The summed E-state index contributed by atoms with van der Waals surface area (Å²) in [5, 5.41) is 8.99. The molecule has 3 aromatic rings. The van der Waals surface area contributed by atoms with Crippen LogP contribution < -0.4 is 10.1 Å². The number of carbonyl (C=O) groups excluding carboxylic acids is 2. The Morgan fingerprint density at radius 3 is 2.72 bits per heavy atom. The zero-order valence-corrected chi connectivity index (χ0v) is 21.8. The van der Waals surface area contributed by atoms with E-state index in [-0.39, 0.29) is 17.3 Å². The molecule has 3 heterocycles. The molecule has 2 aromatic heterocycles. The highest BCUT2D eigenvalue weighted by Crippen LogP contribution is 2.68. The summed E-state index contributed by atoms with van der Waals surface area (Å²) in [5.41, 5.74) is 3.51. The van der Waals surface area contributed by atoms with Crippen molar-refractivity contribution in [1.29, 1.82) is 0 Å². The molecule has 1 saturated carbocycles. The topological polar surface area (TPSA) is 104 Å². The molecule has 0 bridgehead atoms. The number of allylic oxidation sites excluding steroid dienone is 2. The maximum Gasteiger partial charge on any atom is 0.293 e. The van der Waals surface area contributed by atoms with Crippen molar-refractivity contribution >= 4 is 41.0 Å². The van der Waals surface area contributed by atoms with E-state index >= 15 is 0 Å². The molecule has 184 valence electrons. The fraction of sp³-hybridized carbons (Fsp3) is 0.308. The molecule has 36 heavy (non-hydrogen) atoms. The van der Waals surface area contributed by atoms with Gasteiger partial charge in [0.05, 0.1) is 10.3 Å². The molecule has 10 heteroatoms. The molecule has 0 amide bonds. The third-order valence-corrected chi connectivity index (χ3v) is 8.50. The van der Waals surface area contributed by atoms with Crippen molar-refractivity contribution < 1.29 is 23.6 Å². The smallest absolute Gasteiger partial charge is 0.293 e. The molecule has 6 rings (SSSR count). The number of benzene rings is 1. The Labute approximate surface area is 216 Å². The number of ketones is 1. The number of rotatable bonds is 4. The molecule has 1 unspecified atom stereocenters. The molecule has 1 spiro atoms. The van der Waals surface area contributed by atoms with Gasteiger partial charge >= 0.3 is 0 Å². The van der Waals surface area contributed by atoms with Gasteiger partial charge in [0.25, 0.3) is 6.47 Å². The highest BCUT2D eigenvalue weighted by atomic mass is 32.2. The van der Waals surface area contributed by atoms with E-state index in [9.17, 15) is 9.59 Å². The van der Waals surface area contributed by atoms with Crippen molar-refractivity contribution in [2.75, 3.05) is 12.4 Å². The molecule has 3 aliphatic rings. The average Bonchev–Trinajstić information content (AvgIpc) is 3.51. The van der Waals surface area contributed by atoms with Crippen LogP contribution >= 0.6 is 23.1 Å². The zero-order chi connectivity index (χ0) is 25.4. The molecule has 0 radical (unpaired) electrons. The molecule has 1 N–H and O–H groups in total. The first-order valence-corrected chi connectivity index (χ1v) is 13.0. The van der Waals surface area contributed by atoms with Gasteiger partial charge in [0.1, 0.15) is 17.5 Å². The van der Waals surface area contributed by atoms with Gasteiger partial charge in [-0.3, -0.25) is 9.59 Å². The summed E-state index contributed by atoms with van der Waals surface area (Å²) in [4.78, 5) is 27.8. The predicted molar refractivity (Wildman–Crippen MR) is 136 cm³/mol. The van der Waals surface area contributed by atoms with Gasteiger partial charge in [0.2, 0.25) is 16.6 Å². The standard InChI is InChI=1S/C16H11N3O3S2.C10H12O2/c1-7-10(17-2)8(22-19-7)3-4-9-18-14-15(23-9)21-11-12(20)16(5-6-16)13(11)24-14;1-8-5-3-4-6-10(8)9(2)12-7-11/h17H,5-6H2,1-2H3;3-7,9H,1-2H3. The fourth-order valence-electron chi connectivity index (χ4n) is 4.12. The van der Waals surface area contributed by atoms with E-state index in [1.165, 1.54) is 11.3 Å². The average molecular weight is 522 g/mol. The minimum atomic E-state index is -0.230. The number of nitrogens with zero attached hydrogens (tertiary/aromatic N) is 2. The summed E-state index contributed by atoms with van der Waals surface area (Å²) < 4.78 is 15.8. The van der Waals surface area contributed by atoms with Crippen LogP contribution in [0.15, 0.2) is 44.5 Å². The number of anilines is 1. The van der Waals surface area contributed by atoms with E-state index in [1.807, 2.05) is 45.0 Å². The predicted octanol–water partition coefficient (Wildman–Crippen LogP) is 5.17. The number of nitrogens with one attached hydrogen (secondary N) is 1. The van der Waals surface area contributed by atoms with Gasteiger partial charge in [-0.05, 0) is 56.6 Å². The lowest BCUT2D eigenvalue weighted by molar-refractivity contribution is -0.133. The van der Waals surface area contributed by atoms with E-state index in [1.54, 1.807) is 18.8 Å². The summed E-state index contributed by atoms with van der Waals surface area (Å²) in [5.74, 6) is 7.07. The minimum Gasteiger partial charge on any atom is -0.460 e. The highest BCUT2D eigenvalue weighted by Gasteiger charge is 2.65. The van der Waals surface area contributed by atoms with E-state index in [4.69, 9.17) is 14.0 Å². The van der Waals surface area contributed by atoms with Crippen LogP contribution in [0.2, 0.25) is 0 Å². The number of thiazole rings is 1. The van der Waals surface area contributed by atoms with Crippen LogP contribution in [0.25, 0.3) is 0 Å². The molecule has 8 nitrogen and oxygen atoms in total. The second-order valence-corrected chi connectivity index (χ2v) is 10.5. The Morgan fingerprint density at radius 2 is 2.03 bits per heavy atom. The van der Waals surface area contributed by atoms with Gasteiger partial charge in [0.15, 0.2) is 15.8 Å². The Morgan fingerprint density at radius 1 is 1.25 bits per heavy atom. The number of aryl methyl sites for hydroxylation is 2. The first-order valence-electron chi connectivity index (χ1n) is 11.3. The van der Waals surface area contributed by atoms with Crippen LogP contribution in [-0.4, -0.2) is 29.4 Å². The van der Waals surface area contributed by atoms with E-state index in [0.29, 0.717) is 28.1 Å². The molecule has 1 atom stereocenters. The lowest BCUT2D eigenvalue weighted by Gasteiger charge is -2.32. The summed E-state index contributed by atoms with van der Waals surface area (Å²) in [6, 6.07) is 7.86. The highest BCUT2D eigenvalue weighted by molar-refractivity contribution is 8.03. The van der Waals surface area contributed by atoms with Gasteiger partial charge in [0, 0.05) is 7.05 Å². The maximum atomic E-state index is 12.1. The summed E-state index contributed by atoms with van der Waals surface area (Å²) in [7, 11) is 1.80. The number of aromatic nitrogens is 2. The number of ether oxygens (including phenoxy) is 2. The molecule has 1 aliphatic heterocycles. The Bertz CT molecular complexity index is 1460. The molecule has 1 fully saturated rings. The molecule has 2 aliphatic carbocycles. The molecular formula is C26H23N3O5S2. The first-order chi connectivity index (χ1) is 17.4. The fourth-order valence-corrected chi connectivity index (χ4v) is 6.27. The van der Waals surface area contributed by atoms with Crippen LogP contribution in [0.1, 0.15) is 53.5 Å². The number of thioether (sulfide) groups is 1. The van der Waals surface area contributed by atoms with Crippen LogP contribution in [0.4, 0.5) is 5.69 Å². The van der Waals surface area contributed by atoms with Gasteiger partial charge < -0.3 is 19.3 Å². The molecular weight excluding hydrogens is 498 g/mol. The molecule has 0 saturated heterocycles. The van der Waals surface area contributed by atoms with Gasteiger partial charge in [-0.25, -0.2) is 4.98 Å². The number of carbonyl (C=O) groups is 2. The largest absolute Gasteiger partial charge is 0.460 e. The minimum absolute atomic E-state index is 0.146. The van der Waals surface area contributed by atoms with E-state index < -0.39 is 0 Å². The lowest BCUT2D eigenvalue weighted by Crippen LogP contribution is -2.35. The number of fused-ring (bicyclic) bond motifs is 2. The third-order valence-electron chi connectivity index (χ3n) is 6.27. The number of Topliss-reactive ketones (excluding diaryl/α,β-unsaturated/α-hetero) is 1. The van der Waals surface area contributed by atoms with Crippen LogP contribution in [0, 0.1) is 31.1 Å². The SMILES string of the molecule is CNc1c(C)noc1C#Cc1nc2c(s1)OC1=C(S2)C2(CC2)C1=O.Cc1ccccc1C(C)OC=O. The Kier molecular flexibility index (Phi) is 6.36. The lowest BCUT2D eigenvalue weighted by atomic mass is 9.87. The quantitative estimate of drug-likeness (QED) is 0.368. The monoisotopic (exact) mass is 521 g/mol. The second-order valence-electron chi connectivity index (χ2n) is 8.59. The first kappa shape index (κ1) is 24.2. The van der Waals surface area contributed by atoms with Crippen molar-refractivity contribution in [3.63, 3.8) is 0 Å². The van der Waals surface area contributed by atoms with E-state index in [0.717, 1.165) is 45.3 Å². The summed E-state index contributed by atoms with van der Waals surface area (Å²) >= 11 is 2.89. The number of hydrogen-bond acceptors (Lipinski definition) is 10. The Balaban J connectivity index is 0.000000189. The van der Waals surface area contributed by atoms with Gasteiger partial charge in [-0.15, -0.1) is 0 Å². The van der Waals surface area contributed by atoms with Crippen molar-refractivity contribution in [3.8, 4) is 16.9 Å². The van der Waals surface area contributed by atoms with Crippen molar-refractivity contribution in [2.24, 2.45) is 5.41 Å². The Hall–Kier alpha value is -3.55. The third kappa shape index (κ3) is 4.18. The van der Waals surface area contributed by atoms with Gasteiger partial charge in [-0.2, -0.15) is 0 Å². The van der Waals surface area contributed by atoms with Crippen LogP contribution in [0.3, 0.4) is 0 Å². The van der Waals surface area contributed by atoms with Crippen molar-refractivity contribution in [1.82, 2.24) is 10.1 Å². The van der Waals surface area contributed by atoms with Crippen LogP contribution in [0.5, 0.6) is 5.06 Å².